The van der Waals surface area contributed by atoms with E-state index in [0.717, 1.165) is 10.5 Å². The van der Waals surface area contributed by atoms with E-state index in [-0.39, 0.29) is 71.9 Å². The highest BCUT2D eigenvalue weighted by Crippen LogP contribution is 2.31. The molecule has 14 atom stereocenters. The van der Waals surface area contributed by atoms with Crippen LogP contribution in [-0.4, -0.2) is 204 Å². The van der Waals surface area contributed by atoms with Gasteiger partial charge in [0.05, 0.1) is 59.4 Å². The fourth-order valence-corrected chi connectivity index (χ4v) is 15.4. The van der Waals surface area contributed by atoms with Gasteiger partial charge in [-0.05, 0) is 111 Å². The van der Waals surface area contributed by atoms with E-state index < -0.39 is 170 Å². The first-order chi connectivity index (χ1) is 50.0. The van der Waals surface area contributed by atoms with Crippen molar-refractivity contribution < 1.29 is 84.4 Å². The number of amides is 10. The van der Waals surface area contributed by atoms with Crippen molar-refractivity contribution in [2.75, 3.05) is 58.2 Å². The first-order valence-corrected chi connectivity index (χ1v) is 38.7. The van der Waals surface area contributed by atoms with Gasteiger partial charge in [0.25, 0.3) is 5.91 Å². The summed E-state index contributed by atoms with van der Waals surface area (Å²) in [7, 11) is 1.93. The number of likely N-dealkylation sites (N-methyl/N-ethyl adjacent to an activating group) is 2. The van der Waals surface area contributed by atoms with E-state index in [0.29, 0.717) is 36.9 Å². The van der Waals surface area contributed by atoms with Crippen molar-refractivity contribution in [3.63, 3.8) is 0 Å². The molecule has 0 spiro atoms. The highest BCUT2D eigenvalue weighted by atomic mass is 32.2. The van der Waals surface area contributed by atoms with Crippen LogP contribution >= 0.6 is 0 Å². The van der Waals surface area contributed by atoms with Crippen LogP contribution in [0.1, 0.15) is 151 Å². The summed E-state index contributed by atoms with van der Waals surface area (Å²) >= 11 is -2.78. The maximum Gasteiger partial charge on any atom is 0.410 e. The van der Waals surface area contributed by atoms with Crippen molar-refractivity contribution in [3.05, 3.63) is 131 Å². The molecule has 1 aliphatic heterocycles. The second-order valence-electron chi connectivity index (χ2n) is 28.4. The number of aryl methyl sites for hydroxylation is 1. The quantitative estimate of drug-likeness (QED) is 0.0136. The molecule has 28 nitrogen and oxygen atoms in total. The Morgan fingerprint density at radius 3 is 1.90 bits per heavy atom. The molecule has 0 saturated carbocycles. The van der Waals surface area contributed by atoms with E-state index in [4.69, 9.17) is 19.9 Å². The van der Waals surface area contributed by atoms with Gasteiger partial charge in [0.2, 0.25) is 35.4 Å². The molecular weight excluding hydrogens is 1410 g/mol. The standard InChI is InChI=1S/C76H110N10O18S2/c1-16-48(9)65(60(102-14)40-61(87)86-39-21-25-59(86)68(103-15)49(10)69(90)79-50(11)66(88)52-22-18-17-19-23-52)84(12)74(95)63(45(4)5)83-73(94)64(46(6)7)85(13)76(97)104-41-51-28-34-56(35-29-51)80-71(92)58(24-20-38-78-75(77)96)81-72(93)62(44(2)3)82-70(91)54-32-30-53(31-33-54)67(89)55(42-105(98)99)43-106(100,101)57-36-26-47(8)27-37-57/h17-19,22-23,26-37,44-46,48-50,55,58-60,62-66,68,88H,16,20-21,24-25,38-43H2,1-15H3,(H,79,90)(H,80,92)(H,81,93)(H,82,91)(H,83,94)(H,98,99)(H3,77,78,96)/p-1/t48-,49+,50+,55?,58-,59-,60+,62-,63-,64-,65-,66+,68+/m0/s1. The molecule has 4 aromatic rings. The van der Waals surface area contributed by atoms with Crippen molar-refractivity contribution in [1.82, 2.24) is 41.3 Å². The Morgan fingerprint density at radius 1 is 0.726 bits per heavy atom. The molecule has 584 valence electrons. The molecule has 0 aromatic heterocycles. The number of nitrogens with one attached hydrogen (secondary N) is 6. The molecule has 1 heterocycles. The number of urea groups is 1. The summed E-state index contributed by atoms with van der Waals surface area (Å²) in [6, 6.07) is 19.0. The number of carbonyl (C=O) groups is 10. The maximum absolute atomic E-state index is 14.9. The number of methoxy groups -OCH3 is 2. The minimum Gasteiger partial charge on any atom is -0.772 e. The predicted molar refractivity (Wildman–Crippen MR) is 400 cm³/mol. The average Bonchev–Trinajstić information content (AvgIpc) is 1.39. The molecule has 106 heavy (non-hydrogen) atoms. The second kappa shape index (κ2) is 41.4. The Bertz CT molecular complexity index is 3760. The number of ketones is 1. The lowest BCUT2D eigenvalue weighted by Gasteiger charge is -2.41. The number of likely N-dealkylation sites (tertiary alicyclic amines) is 1. The molecule has 0 bridgehead atoms. The minimum absolute atomic E-state index is 0.00539. The number of ether oxygens (including phenoxy) is 3. The summed E-state index contributed by atoms with van der Waals surface area (Å²) in [6.07, 6.45) is -1.39. The van der Waals surface area contributed by atoms with E-state index in [1.165, 1.54) is 74.7 Å². The summed E-state index contributed by atoms with van der Waals surface area (Å²) in [6.45, 7) is 19.7. The highest BCUT2D eigenvalue weighted by molar-refractivity contribution is 7.91. The van der Waals surface area contributed by atoms with Gasteiger partial charge in [0.15, 0.2) is 15.6 Å². The van der Waals surface area contributed by atoms with Gasteiger partial charge >= 0.3 is 12.1 Å². The topological polar surface area (TPSA) is 401 Å². The van der Waals surface area contributed by atoms with Gasteiger partial charge in [-0.15, -0.1) is 0 Å². The van der Waals surface area contributed by atoms with Crippen LogP contribution < -0.4 is 37.6 Å². The second-order valence-corrected chi connectivity index (χ2v) is 31.4. The molecular formula is C76H109N10O18S2-. The number of nitrogens with zero attached hydrogens (tertiary/aromatic N) is 3. The van der Waals surface area contributed by atoms with Gasteiger partial charge in [-0.1, -0.05) is 152 Å². The molecule has 30 heteroatoms. The van der Waals surface area contributed by atoms with Crippen LogP contribution in [0.5, 0.6) is 0 Å². The summed E-state index contributed by atoms with van der Waals surface area (Å²) in [5, 5.41) is 27.4. The number of primary amides is 1. The van der Waals surface area contributed by atoms with Gasteiger partial charge in [-0.2, -0.15) is 0 Å². The lowest BCUT2D eigenvalue weighted by molar-refractivity contribution is -0.148. The number of Topliss-reactive ketones (excluding diaryl/α,β-unsaturated/α-hetero) is 1. The Balaban J connectivity index is 1.20. The Morgan fingerprint density at radius 2 is 1.34 bits per heavy atom. The summed E-state index contributed by atoms with van der Waals surface area (Å²) in [4.78, 5) is 143. The molecule has 1 saturated heterocycles. The lowest BCUT2D eigenvalue weighted by Crippen LogP contribution is -2.60. The van der Waals surface area contributed by atoms with E-state index >= 15 is 0 Å². The van der Waals surface area contributed by atoms with Crippen LogP contribution in [0.3, 0.4) is 0 Å². The zero-order valence-corrected chi connectivity index (χ0v) is 65.1. The predicted octanol–water partition coefficient (Wildman–Crippen LogP) is 6.37. The number of rotatable bonds is 40. The Hall–Kier alpha value is -8.68. The van der Waals surface area contributed by atoms with Crippen molar-refractivity contribution >= 4 is 85.9 Å². The van der Waals surface area contributed by atoms with Crippen molar-refractivity contribution in [2.24, 2.45) is 41.2 Å². The molecule has 1 aliphatic rings. The number of hydrogen-bond acceptors (Lipinski definition) is 18. The Labute approximate surface area is 625 Å². The number of aliphatic hydroxyl groups excluding tert-OH is 1. The number of benzene rings is 4. The van der Waals surface area contributed by atoms with Gasteiger partial charge in [-0.3, -0.25) is 47.5 Å². The third-order valence-electron chi connectivity index (χ3n) is 19.4. The van der Waals surface area contributed by atoms with Crippen LogP contribution in [0, 0.1) is 42.4 Å². The zero-order chi connectivity index (χ0) is 79.0. The largest absolute Gasteiger partial charge is 0.772 e. The van der Waals surface area contributed by atoms with Crippen molar-refractivity contribution in [3.8, 4) is 0 Å². The van der Waals surface area contributed by atoms with E-state index in [1.807, 2.05) is 32.0 Å². The smallest absolute Gasteiger partial charge is 0.410 e. The summed E-state index contributed by atoms with van der Waals surface area (Å²) in [5.41, 5.74) is 7.41. The SMILES string of the molecule is CC[C@H](C)[C@@H]([C@@H](CC(=O)N1CCC[C@H]1[C@H](OC)[C@@H](C)C(=O)N[C@H](C)[C@@H](O)c1ccccc1)OC)N(C)C(=O)[C@@H](NC(=O)[C@H](C(C)C)N(C)C(=O)OCc1ccc(NC(=O)[C@H](CCCNC(N)=O)NC(=O)[C@@H](NC(=O)c2ccc(C(=O)C(CS(=O)[O-])CS(=O)(=O)c3ccc(C)cc3)cc2)C(C)C)cc1)C(C)C. The molecule has 0 aliphatic carbocycles. The normalized spacial score (nSPS) is 16.8. The fourth-order valence-electron chi connectivity index (χ4n) is 13.2. The van der Waals surface area contributed by atoms with E-state index in [1.54, 1.807) is 111 Å². The fraction of sp³-hybridized carbons (Fsp3) is 0.553. The number of anilines is 1. The molecule has 2 unspecified atom stereocenters. The molecule has 0 radical (unpaired) electrons. The van der Waals surface area contributed by atoms with Crippen molar-refractivity contribution in [1.29, 1.82) is 0 Å². The first kappa shape index (κ1) is 88.0. The highest BCUT2D eigenvalue weighted by Gasteiger charge is 2.44. The Kier molecular flexibility index (Phi) is 34.4. The van der Waals surface area contributed by atoms with Crippen LogP contribution in [0.15, 0.2) is 108 Å². The van der Waals surface area contributed by atoms with Gasteiger partial charge in [0.1, 0.15) is 30.8 Å². The number of carbonyl (C=O) groups excluding carboxylic acids is 10. The molecule has 4 aromatic carbocycles. The van der Waals surface area contributed by atoms with Crippen LogP contribution in [0.2, 0.25) is 0 Å². The van der Waals surface area contributed by atoms with Crippen LogP contribution in [0.25, 0.3) is 0 Å². The van der Waals surface area contributed by atoms with E-state index in [2.05, 4.69) is 31.9 Å². The molecule has 1 fully saturated rings. The minimum atomic E-state index is -4.09. The summed E-state index contributed by atoms with van der Waals surface area (Å²) < 4.78 is 67.9. The third-order valence-corrected chi connectivity index (χ3v) is 21.9. The van der Waals surface area contributed by atoms with Crippen LogP contribution in [0.4, 0.5) is 15.3 Å². The monoisotopic (exact) mass is 1510 g/mol. The van der Waals surface area contributed by atoms with Gasteiger partial charge in [-0.25, -0.2) is 18.0 Å². The first-order valence-electron chi connectivity index (χ1n) is 35.9. The number of nitrogens with two attached hydrogens (primary N) is 1. The lowest BCUT2D eigenvalue weighted by atomic mass is 9.89. The zero-order valence-electron chi connectivity index (χ0n) is 63.5. The molecule has 9 N–H and O–H groups in total. The average molecular weight is 1510 g/mol. The third kappa shape index (κ3) is 25.0. The van der Waals surface area contributed by atoms with Gasteiger partial charge in [0, 0.05) is 69.9 Å². The number of hydrogen-bond donors (Lipinski definition) is 8. The van der Waals surface area contributed by atoms with Gasteiger partial charge < -0.3 is 71.3 Å². The molecule has 5 rings (SSSR count). The number of aliphatic hydroxyl groups is 1. The number of sulfone groups is 1. The van der Waals surface area contributed by atoms with Crippen molar-refractivity contribution in [2.45, 2.75) is 187 Å². The van der Waals surface area contributed by atoms with E-state index in [9.17, 15) is 70.2 Å². The summed E-state index contributed by atoms with van der Waals surface area (Å²) in [5.74, 6) is -10.0. The van der Waals surface area contributed by atoms with Crippen LogP contribution in [-0.2, 0) is 70.5 Å². The maximum atomic E-state index is 14.9. The molecule has 10 amide bonds.